The third-order valence-corrected chi connectivity index (χ3v) is 2.21. The van der Waals surface area contributed by atoms with E-state index in [1.54, 1.807) is 6.08 Å². The molecular formula is C13H19N3. The average Bonchev–Trinajstić information content (AvgIpc) is 2.58. The van der Waals surface area contributed by atoms with Crippen LogP contribution >= 0.6 is 0 Å². The molecule has 0 aliphatic rings. The molecule has 0 bridgehead atoms. The van der Waals surface area contributed by atoms with Crippen molar-refractivity contribution in [1.82, 2.24) is 14.5 Å². The Morgan fingerprint density at radius 2 is 2.25 bits per heavy atom. The minimum absolute atomic E-state index is 0.871. The number of nitrogens with zero attached hydrogens (tertiary/aromatic N) is 3. The maximum absolute atomic E-state index is 4.31. The van der Waals surface area contributed by atoms with Gasteiger partial charge < -0.3 is 9.47 Å². The molecule has 0 spiro atoms. The lowest BCUT2D eigenvalue weighted by Gasteiger charge is -2.05. The van der Waals surface area contributed by atoms with Gasteiger partial charge in [0.1, 0.15) is 0 Å². The van der Waals surface area contributed by atoms with Crippen molar-refractivity contribution in [2.75, 3.05) is 14.1 Å². The molecule has 0 aromatic carbocycles. The number of imidazole rings is 1. The van der Waals surface area contributed by atoms with Gasteiger partial charge in [-0.25, -0.2) is 4.98 Å². The third-order valence-electron chi connectivity index (χ3n) is 2.21. The summed E-state index contributed by atoms with van der Waals surface area (Å²) >= 11 is 0. The van der Waals surface area contributed by atoms with Gasteiger partial charge in [-0.1, -0.05) is 24.8 Å². The fourth-order valence-corrected chi connectivity index (χ4v) is 1.34. The number of allylic oxidation sites excluding steroid dienone is 3. The van der Waals surface area contributed by atoms with Crippen LogP contribution in [-0.2, 0) is 6.42 Å². The van der Waals surface area contributed by atoms with Gasteiger partial charge >= 0.3 is 0 Å². The van der Waals surface area contributed by atoms with Gasteiger partial charge in [-0.15, -0.1) is 0 Å². The van der Waals surface area contributed by atoms with E-state index in [0.29, 0.717) is 0 Å². The second-order valence-electron chi connectivity index (χ2n) is 3.81. The molecule has 3 nitrogen and oxygen atoms in total. The van der Waals surface area contributed by atoms with Crippen LogP contribution in [0.15, 0.2) is 37.3 Å². The summed E-state index contributed by atoms with van der Waals surface area (Å²) in [5.41, 5.74) is 2.27. The van der Waals surface area contributed by atoms with E-state index >= 15 is 0 Å². The lowest BCUT2D eigenvalue weighted by atomic mass is 10.2. The third kappa shape index (κ3) is 3.42. The van der Waals surface area contributed by atoms with Crippen molar-refractivity contribution in [3.8, 4) is 0 Å². The Morgan fingerprint density at radius 3 is 2.88 bits per heavy atom. The van der Waals surface area contributed by atoms with Gasteiger partial charge in [0.05, 0.1) is 12.0 Å². The number of hydrogen-bond donors (Lipinski definition) is 0. The van der Waals surface area contributed by atoms with Gasteiger partial charge in [-0.2, -0.15) is 0 Å². The van der Waals surface area contributed by atoms with E-state index in [-0.39, 0.29) is 0 Å². The van der Waals surface area contributed by atoms with Crippen LogP contribution in [0.1, 0.15) is 11.4 Å². The van der Waals surface area contributed by atoms with Gasteiger partial charge in [0.25, 0.3) is 0 Å². The minimum Gasteiger partial charge on any atom is -0.382 e. The van der Waals surface area contributed by atoms with E-state index in [2.05, 4.69) is 17.6 Å². The highest BCUT2D eigenvalue weighted by atomic mass is 15.1. The molecule has 0 fully saturated rings. The summed E-state index contributed by atoms with van der Waals surface area (Å²) in [4.78, 5) is 6.31. The van der Waals surface area contributed by atoms with E-state index in [1.165, 1.54) is 5.69 Å². The summed E-state index contributed by atoms with van der Waals surface area (Å²) in [7, 11) is 4.00. The molecule has 1 aromatic rings. The van der Waals surface area contributed by atoms with Crippen LogP contribution in [0.3, 0.4) is 0 Å². The number of rotatable bonds is 5. The maximum atomic E-state index is 4.31. The Kier molecular flexibility index (Phi) is 4.58. The highest BCUT2D eigenvalue weighted by Crippen LogP contribution is 2.08. The molecule has 0 aliphatic carbocycles. The van der Waals surface area contributed by atoms with Crippen molar-refractivity contribution in [3.05, 3.63) is 48.7 Å². The van der Waals surface area contributed by atoms with Crippen molar-refractivity contribution in [2.45, 2.75) is 13.3 Å². The highest BCUT2D eigenvalue weighted by molar-refractivity contribution is 5.29. The SMILES string of the molecule is C=CC=CCc1c(C)ncn1/C=C\N(C)C. The molecule has 0 radical (unpaired) electrons. The summed E-state index contributed by atoms with van der Waals surface area (Å²) in [5, 5.41) is 0. The Hall–Kier alpha value is -1.77. The van der Waals surface area contributed by atoms with Gasteiger partial charge in [0.2, 0.25) is 0 Å². The van der Waals surface area contributed by atoms with Gasteiger partial charge in [0.15, 0.2) is 0 Å². The molecule has 0 N–H and O–H groups in total. The summed E-state index contributed by atoms with van der Waals surface area (Å²) in [6.07, 6.45) is 12.5. The number of aromatic nitrogens is 2. The molecule has 86 valence electrons. The first-order valence-electron chi connectivity index (χ1n) is 5.29. The van der Waals surface area contributed by atoms with Crippen LogP contribution in [-0.4, -0.2) is 28.5 Å². The molecule has 0 amide bonds. The van der Waals surface area contributed by atoms with Crippen LogP contribution < -0.4 is 0 Å². The molecule has 3 heteroatoms. The molecule has 16 heavy (non-hydrogen) atoms. The summed E-state index contributed by atoms with van der Waals surface area (Å²) < 4.78 is 2.04. The second kappa shape index (κ2) is 5.95. The van der Waals surface area contributed by atoms with E-state index in [0.717, 1.165) is 12.1 Å². The fourth-order valence-electron chi connectivity index (χ4n) is 1.34. The van der Waals surface area contributed by atoms with E-state index in [1.807, 2.05) is 55.3 Å². The zero-order chi connectivity index (χ0) is 12.0. The van der Waals surface area contributed by atoms with Crippen LogP contribution in [0.5, 0.6) is 0 Å². The standard InChI is InChI=1S/C13H19N3/c1-5-6-7-8-13-12(2)14-11-16(13)10-9-15(3)4/h5-7,9-11H,1,8H2,2-4H3/b7-6?,10-9-. The second-order valence-corrected chi connectivity index (χ2v) is 3.81. The molecule has 1 heterocycles. The van der Waals surface area contributed by atoms with Crippen LogP contribution in [0, 0.1) is 6.92 Å². The Balaban J connectivity index is 2.85. The van der Waals surface area contributed by atoms with Crippen molar-refractivity contribution < 1.29 is 0 Å². The summed E-state index contributed by atoms with van der Waals surface area (Å²) in [6.45, 7) is 5.68. The zero-order valence-corrected chi connectivity index (χ0v) is 10.2. The van der Waals surface area contributed by atoms with Crippen molar-refractivity contribution in [2.24, 2.45) is 0 Å². The largest absolute Gasteiger partial charge is 0.382 e. The van der Waals surface area contributed by atoms with Crippen LogP contribution in [0.25, 0.3) is 6.20 Å². The molecule has 0 saturated carbocycles. The average molecular weight is 217 g/mol. The fraction of sp³-hybridized carbons (Fsp3) is 0.308. The lowest BCUT2D eigenvalue weighted by Crippen LogP contribution is -2.02. The van der Waals surface area contributed by atoms with E-state index in [9.17, 15) is 0 Å². The first kappa shape index (κ1) is 12.3. The molecule has 0 atom stereocenters. The van der Waals surface area contributed by atoms with Crippen LogP contribution in [0.2, 0.25) is 0 Å². The molecule has 1 aromatic heterocycles. The van der Waals surface area contributed by atoms with Crippen molar-refractivity contribution in [3.63, 3.8) is 0 Å². The Morgan fingerprint density at radius 1 is 1.50 bits per heavy atom. The molecule has 0 unspecified atom stereocenters. The quantitative estimate of drug-likeness (QED) is 0.706. The Bertz CT molecular complexity index is 397. The first-order chi connectivity index (χ1) is 7.65. The topological polar surface area (TPSA) is 21.1 Å². The van der Waals surface area contributed by atoms with Crippen molar-refractivity contribution >= 4 is 6.20 Å². The Labute approximate surface area is 97.4 Å². The highest BCUT2D eigenvalue weighted by Gasteiger charge is 2.02. The minimum atomic E-state index is 0.871. The van der Waals surface area contributed by atoms with E-state index < -0.39 is 0 Å². The zero-order valence-electron chi connectivity index (χ0n) is 10.2. The number of hydrogen-bond acceptors (Lipinski definition) is 2. The molecule has 0 saturated heterocycles. The van der Waals surface area contributed by atoms with Gasteiger partial charge in [-0.05, 0) is 6.92 Å². The van der Waals surface area contributed by atoms with Gasteiger partial charge in [-0.3, -0.25) is 0 Å². The van der Waals surface area contributed by atoms with Crippen molar-refractivity contribution in [1.29, 1.82) is 0 Å². The maximum Gasteiger partial charge on any atom is 0.0993 e. The molecular weight excluding hydrogens is 198 g/mol. The lowest BCUT2D eigenvalue weighted by molar-refractivity contribution is 0.565. The normalized spacial score (nSPS) is 11.4. The predicted molar refractivity (Wildman–Crippen MR) is 69.0 cm³/mol. The predicted octanol–water partition coefficient (Wildman–Crippen LogP) is 2.47. The first-order valence-corrected chi connectivity index (χ1v) is 5.29. The number of aryl methyl sites for hydroxylation is 1. The van der Waals surface area contributed by atoms with Gasteiger partial charge in [0, 0.05) is 38.6 Å². The molecule has 0 aliphatic heterocycles. The van der Waals surface area contributed by atoms with E-state index in [4.69, 9.17) is 0 Å². The van der Waals surface area contributed by atoms with Crippen LogP contribution in [0.4, 0.5) is 0 Å². The monoisotopic (exact) mass is 217 g/mol. The summed E-state index contributed by atoms with van der Waals surface area (Å²) in [6, 6.07) is 0. The summed E-state index contributed by atoms with van der Waals surface area (Å²) in [5.74, 6) is 0. The smallest absolute Gasteiger partial charge is 0.0993 e. The molecule has 1 rings (SSSR count).